The van der Waals surface area contributed by atoms with Crippen molar-refractivity contribution in [3.05, 3.63) is 18.2 Å². The van der Waals surface area contributed by atoms with Crippen LogP contribution >= 0.6 is 0 Å². The van der Waals surface area contributed by atoms with E-state index in [1.165, 1.54) is 18.5 Å². The molecule has 1 aromatic carbocycles. The maximum Gasteiger partial charge on any atom is 0.162 e. The topological polar surface area (TPSA) is 41.9 Å². The highest BCUT2D eigenvalue weighted by Gasteiger charge is 2.20. The summed E-state index contributed by atoms with van der Waals surface area (Å²) in [5.41, 5.74) is 1.17. The molecule has 1 N–H and O–H groups in total. The van der Waals surface area contributed by atoms with Crippen molar-refractivity contribution in [3.63, 3.8) is 0 Å². The van der Waals surface area contributed by atoms with Gasteiger partial charge in [0, 0.05) is 31.5 Å². The van der Waals surface area contributed by atoms with Gasteiger partial charge in [0.2, 0.25) is 0 Å². The second-order valence-corrected chi connectivity index (χ2v) is 5.01. The van der Waals surface area contributed by atoms with Gasteiger partial charge in [0.25, 0.3) is 0 Å². The fourth-order valence-corrected chi connectivity index (χ4v) is 2.74. The molecule has 1 aromatic rings. The SMILES string of the molecule is COc1ccc(N2CCCC(CCO)C2)cc1OC. The van der Waals surface area contributed by atoms with E-state index < -0.39 is 0 Å². The van der Waals surface area contributed by atoms with Crippen LogP contribution in [0.2, 0.25) is 0 Å². The van der Waals surface area contributed by atoms with E-state index in [0.29, 0.717) is 5.92 Å². The molecule has 19 heavy (non-hydrogen) atoms. The number of rotatable bonds is 5. The summed E-state index contributed by atoms with van der Waals surface area (Å²) < 4.78 is 10.6. The van der Waals surface area contributed by atoms with Gasteiger partial charge in [-0.2, -0.15) is 0 Å². The van der Waals surface area contributed by atoms with Gasteiger partial charge in [-0.25, -0.2) is 0 Å². The Morgan fingerprint density at radius 2 is 2.05 bits per heavy atom. The van der Waals surface area contributed by atoms with Crippen LogP contribution in [0.3, 0.4) is 0 Å². The van der Waals surface area contributed by atoms with E-state index in [1.54, 1.807) is 14.2 Å². The molecule has 2 rings (SSSR count). The van der Waals surface area contributed by atoms with Crippen molar-refractivity contribution in [2.24, 2.45) is 5.92 Å². The van der Waals surface area contributed by atoms with Crippen molar-refractivity contribution in [2.75, 3.05) is 38.8 Å². The molecule has 1 saturated heterocycles. The zero-order valence-corrected chi connectivity index (χ0v) is 11.8. The highest BCUT2D eigenvalue weighted by Crippen LogP contribution is 2.33. The second kappa shape index (κ2) is 6.66. The van der Waals surface area contributed by atoms with Gasteiger partial charge in [0.15, 0.2) is 11.5 Å². The van der Waals surface area contributed by atoms with E-state index in [2.05, 4.69) is 11.0 Å². The standard InChI is InChI=1S/C15H23NO3/c1-18-14-6-5-13(10-15(14)19-2)16-8-3-4-12(11-16)7-9-17/h5-6,10,12,17H,3-4,7-9,11H2,1-2H3. The molecule has 0 aliphatic carbocycles. The number of hydrogen-bond acceptors (Lipinski definition) is 4. The van der Waals surface area contributed by atoms with Gasteiger partial charge in [-0.15, -0.1) is 0 Å². The maximum atomic E-state index is 9.07. The molecule has 0 aromatic heterocycles. The average Bonchev–Trinajstić information content (AvgIpc) is 2.47. The van der Waals surface area contributed by atoms with Crippen molar-refractivity contribution < 1.29 is 14.6 Å². The zero-order valence-electron chi connectivity index (χ0n) is 11.8. The van der Waals surface area contributed by atoms with Crippen LogP contribution in [-0.2, 0) is 0 Å². The summed E-state index contributed by atoms with van der Waals surface area (Å²) in [6, 6.07) is 6.05. The third-order valence-electron chi connectivity index (χ3n) is 3.79. The zero-order chi connectivity index (χ0) is 13.7. The number of aliphatic hydroxyl groups excluding tert-OH is 1. The van der Waals surface area contributed by atoms with Gasteiger partial charge in [0.1, 0.15) is 0 Å². The molecule has 1 aliphatic heterocycles. The lowest BCUT2D eigenvalue weighted by atomic mass is 9.95. The maximum absolute atomic E-state index is 9.07. The quantitative estimate of drug-likeness (QED) is 0.887. The fraction of sp³-hybridized carbons (Fsp3) is 0.600. The second-order valence-electron chi connectivity index (χ2n) is 5.01. The minimum absolute atomic E-state index is 0.282. The minimum atomic E-state index is 0.282. The first-order chi connectivity index (χ1) is 9.28. The van der Waals surface area contributed by atoms with E-state index in [-0.39, 0.29) is 6.61 Å². The summed E-state index contributed by atoms with van der Waals surface area (Å²) >= 11 is 0. The Kier molecular flexibility index (Phi) is 4.91. The number of nitrogens with zero attached hydrogens (tertiary/aromatic N) is 1. The van der Waals surface area contributed by atoms with Crippen LogP contribution in [0, 0.1) is 5.92 Å². The molecule has 4 heteroatoms. The highest BCUT2D eigenvalue weighted by molar-refractivity contribution is 5.56. The average molecular weight is 265 g/mol. The molecule has 0 amide bonds. The largest absolute Gasteiger partial charge is 0.493 e. The van der Waals surface area contributed by atoms with Crippen molar-refractivity contribution in [2.45, 2.75) is 19.3 Å². The third-order valence-corrected chi connectivity index (χ3v) is 3.79. The lowest BCUT2D eigenvalue weighted by molar-refractivity contribution is 0.244. The summed E-state index contributed by atoms with van der Waals surface area (Å²) in [5, 5.41) is 9.07. The summed E-state index contributed by atoms with van der Waals surface area (Å²) in [6.07, 6.45) is 3.28. The van der Waals surface area contributed by atoms with Crippen molar-refractivity contribution >= 4 is 5.69 Å². The number of anilines is 1. The molecule has 0 radical (unpaired) electrons. The number of aliphatic hydroxyl groups is 1. The van der Waals surface area contributed by atoms with Crippen LogP contribution in [0.5, 0.6) is 11.5 Å². The van der Waals surface area contributed by atoms with Crippen LogP contribution < -0.4 is 14.4 Å². The molecule has 1 fully saturated rings. The number of hydrogen-bond donors (Lipinski definition) is 1. The molecule has 1 heterocycles. The van der Waals surface area contributed by atoms with Gasteiger partial charge in [-0.3, -0.25) is 0 Å². The van der Waals surface area contributed by atoms with Crippen molar-refractivity contribution in [1.29, 1.82) is 0 Å². The Balaban J connectivity index is 2.12. The van der Waals surface area contributed by atoms with Crippen molar-refractivity contribution in [3.8, 4) is 11.5 Å². The first kappa shape index (κ1) is 14.0. The highest BCUT2D eigenvalue weighted by atomic mass is 16.5. The molecular weight excluding hydrogens is 242 g/mol. The molecular formula is C15H23NO3. The first-order valence-electron chi connectivity index (χ1n) is 6.86. The normalized spacial score (nSPS) is 19.3. The Bertz CT molecular complexity index is 406. The number of ether oxygens (including phenoxy) is 2. The summed E-state index contributed by atoms with van der Waals surface area (Å²) in [4.78, 5) is 2.37. The lowest BCUT2D eigenvalue weighted by Crippen LogP contribution is -2.35. The smallest absolute Gasteiger partial charge is 0.162 e. The molecule has 0 saturated carbocycles. The van der Waals surface area contributed by atoms with Gasteiger partial charge in [-0.1, -0.05) is 0 Å². The minimum Gasteiger partial charge on any atom is -0.493 e. The predicted octanol–water partition coefficient (Wildman–Crippen LogP) is 2.30. The summed E-state index contributed by atoms with van der Waals surface area (Å²) in [5.74, 6) is 2.12. The van der Waals surface area contributed by atoms with Gasteiger partial charge in [-0.05, 0) is 37.3 Å². The summed E-state index contributed by atoms with van der Waals surface area (Å²) in [7, 11) is 3.31. The van der Waals surface area contributed by atoms with E-state index in [4.69, 9.17) is 14.6 Å². The van der Waals surface area contributed by atoms with Gasteiger partial charge in [0.05, 0.1) is 14.2 Å². The molecule has 106 valence electrons. The molecule has 1 atom stereocenters. The molecule has 0 bridgehead atoms. The van der Waals surface area contributed by atoms with E-state index in [0.717, 1.165) is 31.0 Å². The number of benzene rings is 1. The Morgan fingerprint density at radius 3 is 2.74 bits per heavy atom. The monoisotopic (exact) mass is 265 g/mol. The van der Waals surface area contributed by atoms with Gasteiger partial charge < -0.3 is 19.5 Å². The van der Waals surface area contributed by atoms with Crippen LogP contribution in [0.4, 0.5) is 5.69 Å². The Labute approximate surface area is 114 Å². The Morgan fingerprint density at radius 1 is 1.26 bits per heavy atom. The van der Waals surface area contributed by atoms with Crippen LogP contribution in [-0.4, -0.2) is 39.0 Å². The lowest BCUT2D eigenvalue weighted by Gasteiger charge is -2.34. The predicted molar refractivity (Wildman–Crippen MR) is 76.2 cm³/mol. The van der Waals surface area contributed by atoms with Crippen molar-refractivity contribution in [1.82, 2.24) is 0 Å². The number of piperidine rings is 1. The summed E-state index contributed by atoms with van der Waals surface area (Å²) in [6.45, 7) is 2.36. The van der Waals surface area contributed by atoms with Gasteiger partial charge >= 0.3 is 0 Å². The molecule has 0 spiro atoms. The van der Waals surface area contributed by atoms with Crippen LogP contribution in [0.25, 0.3) is 0 Å². The third kappa shape index (κ3) is 3.32. The first-order valence-corrected chi connectivity index (χ1v) is 6.86. The fourth-order valence-electron chi connectivity index (χ4n) is 2.74. The Hall–Kier alpha value is -1.42. The molecule has 1 unspecified atom stereocenters. The van der Waals surface area contributed by atoms with E-state index >= 15 is 0 Å². The molecule has 1 aliphatic rings. The number of methoxy groups -OCH3 is 2. The van der Waals surface area contributed by atoms with E-state index in [9.17, 15) is 0 Å². The van der Waals surface area contributed by atoms with E-state index in [1.807, 2.05) is 12.1 Å². The van der Waals surface area contributed by atoms with Crippen LogP contribution in [0.15, 0.2) is 18.2 Å². The molecule has 4 nitrogen and oxygen atoms in total. The van der Waals surface area contributed by atoms with Crippen LogP contribution in [0.1, 0.15) is 19.3 Å².